The van der Waals surface area contributed by atoms with E-state index >= 15 is 0 Å². The number of H-pyrrole nitrogens is 1. The lowest BCUT2D eigenvalue weighted by Crippen LogP contribution is -2.07. The Morgan fingerprint density at radius 3 is 2.80 bits per heavy atom. The number of hydrogen-bond donors (Lipinski definition) is 3. The molecule has 0 unspecified atom stereocenters. The van der Waals surface area contributed by atoms with E-state index in [-0.39, 0.29) is 5.70 Å². The maximum Gasteiger partial charge on any atom is 0.134 e. The van der Waals surface area contributed by atoms with E-state index in [0.29, 0.717) is 5.70 Å². The first-order valence-corrected chi connectivity index (χ1v) is 4.46. The number of aromatic amines is 1. The number of nitriles is 1. The number of rotatable bonds is 1. The second-order valence-corrected chi connectivity index (χ2v) is 3.19. The third-order valence-electron chi connectivity index (χ3n) is 2.29. The molecule has 0 fully saturated rings. The Balaban J connectivity index is 2.73. The van der Waals surface area contributed by atoms with E-state index in [9.17, 15) is 0 Å². The van der Waals surface area contributed by atoms with Gasteiger partial charge in [0.2, 0.25) is 0 Å². The van der Waals surface area contributed by atoms with Gasteiger partial charge in [-0.3, -0.25) is 0 Å². The molecule has 2 aromatic rings. The fourth-order valence-electron chi connectivity index (χ4n) is 1.51. The molecule has 15 heavy (non-hydrogen) atoms. The average Bonchev–Trinajstić information content (AvgIpc) is 2.74. The molecule has 0 amide bonds. The molecule has 0 spiro atoms. The van der Waals surface area contributed by atoms with Gasteiger partial charge in [0.05, 0.1) is 11.2 Å². The van der Waals surface area contributed by atoms with Crippen LogP contribution >= 0.6 is 0 Å². The van der Waals surface area contributed by atoms with E-state index in [0.717, 1.165) is 16.5 Å². The number of hydrogen-bond acceptors (Lipinski definition) is 3. The van der Waals surface area contributed by atoms with E-state index in [1.54, 1.807) is 0 Å². The van der Waals surface area contributed by atoms with Crippen LogP contribution in [0.4, 0.5) is 0 Å². The van der Waals surface area contributed by atoms with Gasteiger partial charge < -0.3 is 16.5 Å². The summed E-state index contributed by atoms with van der Waals surface area (Å²) in [5.41, 5.74) is 13.3. The summed E-state index contributed by atoms with van der Waals surface area (Å²) in [6.07, 6.45) is 1.82. The molecule has 1 heterocycles. The summed E-state index contributed by atoms with van der Waals surface area (Å²) in [5.74, 6) is 0. The molecule has 0 radical (unpaired) electrons. The van der Waals surface area contributed by atoms with Gasteiger partial charge in [0.15, 0.2) is 0 Å². The van der Waals surface area contributed by atoms with Crippen LogP contribution in [-0.2, 0) is 0 Å². The second-order valence-electron chi connectivity index (χ2n) is 3.19. The Bertz CT molecular complexity index is 572. The van der Waals surface area contributed by atoms with E-state index in [1.165, 1.54) is 0 Å². The van der Waals surface area contributed by atoms with Crippen LogP contribution in [0.3, 0.4) is 0 Å². The first-order chi connectivity index (χ1) is 7.24. The third-order valence-corrected chi connectivity index (χ3v) is 2.29. The van der Waals surface area contributed by atoms with Gasteiger partial charge in [-0.1, -0.05) is 18.2 Å². The maximum atomic E-state index is 8.67. The predicted octanol–water partition coefficient (Wildman–Crippen LogP) is 1.28. The lowest BCUT2D eigenvalue weighted by molar-refractivity contribution is 1.35. The van der Waals surface area contributed by atoms with E-state index in [4.69, 9.17) is 16.7 Å². The van der Waals surface area contributed by atoms with Crippen LogP contribution in [0.25, 0.3) is 16.6 Å². The van der Waals surface area contributed by atoms with Crippen molar-refractivity contribution in [2.24, 2.45) is 11.5 Å². The number of para-hydroxylation sites is 1. The van der Waals surface area contributed by atoms with E-state index in [1.807, 2.05) is 36.5 Å². The molecule has 74 valence electrons. The Labute approximate surface area is 86.8 Å². The van der Waals surface area contributed by atoms with Gasteiger partial charge in [0, 0.05) is 17.1 Å². The standard InChI is InChI=1S/C11H10N4/c12-6-9(13)10(14)8-3-1-2-7-4-5-15-11(7)8/h1-5,15H,13-14H2/b10-9-. The Morgan fingerprint density at radius 1 is 1.27 bits per heavy atom. The molecule has 1 aromatic carbocycles. The lowest BCUT2D eigenvalue weighted by Gasteiger charge is -2.03. The molecule has 2 rings (SSSR count). The fraction of sp³-hybridized carbons (Fsp3) is 0. The minimum absolute atomic E-state index is 0.0390. The molecule has 0 saturated carbocycles. The highest BCUT2D eigenvalue weighted by atomic mass is 14.7. The summed E-state index contributed by atoms with van der Waals surface area (Å²) in [6, 6.07) is 9.45. The fourth-order valence-corrected chi connectivity index (χ4v) is 1.51. The number of aromatic nitrogens is 1. The molecule has 0 saturated heterocycles. The van der Waals surface area contributed by atoms with Gasteiger partial charge in [-0.15, -0.1) is 0 Å². The third kappa shape index (κ3) is 1.40. The topological polar surface area (TPSA) is 91.6 Å². The number of nitrogens with one attached hydrogen (secondary N) is 1. The number of nitrogens with zero attached hydrogens (tertiary/aromatic N) is 1. The van der Waals surface area contributed by atoms with Crippen LogP contribution in [0.2, 0.25) is 0 Å². The SMILES string of the molecule is N#C/C(N)=C(/N)c1cccc2cc[nH]c12. The van der Waals surface area contributed by atoms with Crippen LogP contribution in [0, 0.1) is 11.3 Å². The normalized spacial score (nSPS) is 12.2. The number of fused-ring (bicyclic) bond motifs is 1. The zero-order valence-electron chi connectivity index (χ0n) is 7.99. The number of benzene rings is 1. The smallest absolute Gasteiger partial charge is 0.134 e. The van der Waals surface area contributed by atoms with Crippen molar-refractivity contribution in [2.45, 2.75) is 0 Å². The van der Waals surface area contributed by atoms with Crippen molar-refractivity contribution >= 4 is 16.6 Å². The zero-order valence-corrected chi connectivity index (χ0v) is 7.99. The summed E-state index contributed by atoms with van der Waals surface area (Å²) in [7, 11) is 0. The molecule has 4 nitrogen and oxygen atoms in total. The molecule has 4 heteroatoms. The first-order valence-electron chi connectivity index (χ1n) is 4.46. The maximum absolute atomic E-state index is 8.67. The van der Waals surface area contributed by atoms with Gasteiger partial charge in [0.25, 0.3) is 0 Å². The minimum Gasteiger partial charge on any atom is -0.396 e. The molecule has 0 bridgehead atoms. The van der Waals surface area contributed by atoms with E-state index in [2.05, 4.69) is 4.98 Å². The number of allylic oxidation sites excluding steroid dienone is 1. The summed E-state index contributed by atoms with van der Waals surface area (Å²) < 4.78 is 0. The van der Waals surface area contributed by atoms with Crippen LogP contribution < -0.4 is 11.5 Å². The Kier molecular flexibility index (Phi) is 2.07. The van der Waals surface area contributed by atoms with Crippen molar-refractivity contribution in [2.75, 3.05) is 0 Å². The Morgan fingerprint density at radius 2 is 2.07 bits per heavy atom. The van der Waals surface area contributed by atoms with Gasteiger partial charge in [-0.25, -0.2) is 0 Å². The van der Waals surface area contributed by atoms with Crippen molar-refractivity contribution in [1.29, 1.82) is 5.26 Å². The summed E-state index contributed by atoms with van der Waals surface area (Å²) in [4.78, 5) is 3.07. The van der Waals surface area contributed by atoms with Crippen molar-refractivity contribution in [1.82, 2.24) is 4.98 Å². The number of nitrogens with two attached hydrogens (primary N) is 2. The summed E-state index contributed by atoms with van der Waals surface area (Å²) in [6.45, 7) is 0. The molecule has 0 aliphatic carbocycles. The van der Waals surface area contributed by atoms with Crippen molar-refractivity contribution in [3.05, 3.63) is 41.7 Å². The summed E-state index contributed by atoms with van der Waals surface area (Å²) >= 11 is 0. The minimum atomic E-state index is 0.0390. The highest BCUT2D eigenvalue weighted by Crippen LogP contribution is 2.21. The average molecular weight is 198 g/mol. The quantitative estimate of drug-likeness (QED) is 0.602. The predicted molar refractivity (Wildman–Crippen MR) is 59.2 cm³/mol. The highest BCUT2D eigenvalue weighted by molar-refractivity contribution is 5.91. The van der Waals surface area contributed by atoms with Gasteiger partial charge in [-0.2, -0.15) is 5.26 Å². The van der Waals surface area contributed by atoms with Gasteiger partial charge in [-0.05, 0) is 6.07 Å². The van der Waals surface area contributed by atoms with Crippen molar-refractivity contribution < 1.29 is 0 Å². The molecular formula is C11H10N4. The molecule has 5 N–H and O–H groups in total. The molecule has 0 atom stereocenters. The van der Waals surface area contributed by atoms with Crippen molar-refractivity contribution in [3.63, 3.8) is 0 Å². The van der Waals surface area contributed by atoms with Crippen LogP contribution in [0.5, 0.6) is 0 Å². The van der Waals surface area contributed by atoms with Crippen molar-refractivity contribution in [3.8, 4) is 6.07 Å². The van der Waals surface area contributed by atoms with Crippen LogP contribution in [-0.4, -0.2) is 4.98 Å². The lowest BCUT2D eigenvalue weighted by atomic mass is 10.1. The molecular weight excluding hydrogens is 188 g/mol. The van der Waals surface area contributed by atoms with Gasteiger partial charge >= 0.3 is 0 Å². The zero-order chi connectivity index (χ0) is 10.8. The monoisotopic (exact) mass is 198 g/mol. The van der Waals surface area contributed by atoms with Crippen LogP contribution in [0.15, 0.2) is 36.2 Å². The van der Waals surface area contributed by atoms with E-state index < -0.39 is 0 Å². The molecule has 0 aliphatic heterocycles. The molecule has 1 aromatic heterocycles. The largest absolute Gasteiger partial charge is 0.396 e. The molecule has 0 aliphatic rings. The van der Waals surface area contributed by atoms with Crippen LogP contribution in [0.1, 0.15) is 5.56 Å². The second kappa shape index (κ2) is 3.39. The summed E-state index contributed by atoms with van der Waals surface area (Å²) in [5, 5.41) is 9.71. The Hall–Kier alpha value is -2.41. The first kappa shape index (κ1) is 9.16. The highest BCUT2D eigenvalue weighted by Gasteiger charge is 2.06. The van der Waals surface area contributed by atoms with Gasteiger partial charge in [0.1, 0.15) is 11.8 Å².